The zero-order valence-electron chi connectivity index (χ0n) is 22.4. The summed E-state index contributed by atoms with van der Waals surface area (Å²) in [6.07, 6.45) is 9.59. The first-order valence-electron chi connectivity index (χ1n) is 13.2. The lowest BCUT2D eigenvalue weighted by Gasteiger charge is -2.46. The summed E-state index contributed by atoms with van der Waals surface area (Å²) in [6.45, 7) is 13.2. The SMILES string of the molecule is CC1CC2CC(C1)CC(C)(CC=O)C2.CNCC=O.Cc1ccc(CN2CCN(C)CC2)cc1. The molecule has 4 rings (SSSR count). The van der Waals surface area contributed by atoms with E-state index in [1.54, 1.807) is 7.05 Å². The second-order valence-electron chi connectivity index (χ2n) is 11.4. The normalized spacial score (nSPS) is 29.1. The zero-order valence-corrected chi connectivity index (χ0v) is 22.4. The van der Waals surface area contributed by atoms with E-state index in [-0.39, 0.29) is 0 Å². The molecule has 1 aliphatic heterocycles. The number of hydrogen-bond acceptors (Lipinski definition) is 5. The van der Waals surface area contributed by atoms with Crippen LogP contribution in [0.15, 0.2) is 24.3 Å². The van der Waals surface area contributed by atoms with Crippen LogP contribution in [0.5, 0.6) is 0 Å². The van der Waals surface area contributed by atoms with Gasteiger partial charge in [0.2, 0.25) is 0 Å². The van der Waals surface area contributed by atoms with Crippen LogP contribution in [0.4, 0.5) is 0 Å². The second kappa shape index (κ2) is 14.8. The molecule has 192 valence electrons. The van der Waals surface area contributed by atoms with Gasteiger partial charge in [0.25, 0.3) is 0 Å². The number of piperazine rings is 1. The Morgan fingerprint density at radius 1 is 0.971 bits per heavy atom. The molecule has 1 heterocycles. The maximum absolute atomic E-state index is 10.7. The van der Waals surface area contributed by atoms with Gasteiger partial charge in [-0.05, 0) is 81.9 Å². The predicted molar refractivity (Wildman–Crippen MR) is 142 cm³/mol. The van der Waals surface area contributed by atoms with Gasteiger partial charge in [-0.2, -0.15) is 0 Å². The number of nitrogens with one attached hydrogen (secondary N) is 1. The highest BCUT2D eigenvalue weighted by atomic mass is 16.1. The average Bonchev–Trinajstić information content (AvgIpc) is 2.77. The van der Waals surface area contributed by atoms with E-state index in [0.29, 0.717) is 12.0 Å². The Balaban J connectivity index is 0.000000202. The highest BCUT2D eigenvalue weighted by Gasteiger charge is 2.40. The molecule has 1 N–H and O–H groups in total. The van der Waals surface area contributed by atoms with Crippen molar-refractivity contribution in [3.63, 3.8) is 0 Å². The van der Waals surface area contributed by atoms with Crippen LogP contribution in [0.1, 0.15) is 63.5 Å². The number of aldehydes is 2. The summed E-state index contributed by atoms with van der Waals surface area (Å²) in [7, 11) is 3.93. The third kappa shape index (κ3) is 10.4. The molecule has 0 radical (unpaired) electrons. The minimum absolute atomic E-state index is 0.343. The standard InChI is InChI=1S/C13H20N2.C13H22O.C3H7NO/c1-12-3-5-13(6-4-12)11-15-9-7-14(2)8-10-15;1-10-5-11-7-12(6-10)9-13(2,8-11)3-4-14;1-4-2-3-5/h3-6H,7-11H2,1-2H3;4,10-12H,3,5-9H2,1-2H3;3-4H,2H2,1H3. The van der Waals surface area contributed by atoms with Gasteiger partial charge in [-0.25, -0.2) is 0 Å². The summed E-state index contributed by atoms with van der Waals surface area (Å²) < 4.78 is 0. The molecule has 0 spiro atoms. The van der Waals surface area contributed by atoms with Gasteiger partial charge in [-0.1, -0.05) is 43.7 Å². The molecule has 2 atom stereocenters. The quantitative estimate of drug-likeness (QED) is 0.616. The van der Waals surface area contributed by atoms with Crippen LogP contribution >= 0.6 is 0 Å². The largest absolute Gasteiger partial charge is 0.313 e. The molecular formula is C29H49N3O2. The zero-order chi connectivity index (χ0) is 25.0. The molecule has 3 fully saturated rings. The van der Waals surface area contributed by atoms with E-state index in [1.807, 2.05) is 0 Å². The van der Waals surface area contributed by atoms with Crippen LogP contribution in [0.3, 0.4) is 0 Å². The van der Waals surface area contributed by atoms with Crippen molar-refractivity contribution < 1.29 is 9.59 Å². The fourth-order valence-electron chi connectivity index (χ4n) is 6.12. The number of carbonyl (C=O) groups excluding carboxylic acids is 2. The Morgan fingerprint density at radius 2 is 1.56 bits per heavy atom. The van der Waals surface area contributed by atoms with Crippen molar-refractivity contribution in [2.24, 2.45) is 23.2 Å². The Bertz CT molecular complexity index is 695. The van der Waals surface area contributed by atoms with Gasteiger partial charge >= 0.3 is 0 Å². The summed E-state index contributed by atoms with van der Waals surface area (Å²) in [5, 5.41) is 2.65. The molecule has 2 unspecified atom stereocenters. The van der Waals surface area contributed by atoms with Crippen molar-refractivity contribution in [1.82, 2.24) is 15.1 Å². The molecule has 1 aromatic carbocycles. The molecule has 3 aliphatic rings. The molecule has 1 saturated heterocycles. The fraction of sp³-hybridized carbons (Fsp3) is 0.724. The molecule has 2 saturated carbocycles. The van der Waals surface area contributed by atoms with E-state index >= 15 is 0 Å². The van der Waals surface area contributed by atoms with Crippen molar-refractivity contribution in [2.45, 2.75) is 65.8 Å². The van der Waals surface area contributed by atoms with Gasteiger partial charge in [0.15, 0.2) is 0 Å². The number of aryl methyl sites for hydroxylation is 1. The van der Waals surface area contributed by atoms with Crippen LogP contribution < -0.4 is 5.32 Å². The first-order chi connectivity index (χ1) is 16.3. The molecule has 1 aromatic rings. The van der Waals surface area contributed by atoms with Crippen molar-refractivity contribution in [3.05, 3.63) is 35.4 Å². The van der Waals surface area contributed by atoms with Gasteiger partial charge in [-0.3, -0.25) is 4.90 Å². The summed E-state index contributed by atoms with van der Waals surface area (Å²) in [5.74, 6) is 2.77. The Kier molecular flexibility index (Phi) is 12.4. The minimum Gasteiger partial charge on any atom is -0.313 e. The summed E-state index contributed by atoms with van der Waals surface area (Å²) in [5.41, 5.74) is 3.12. The molecule has 2 aliphatic carbocycles. The molecule has 0 aromatic heterocycles. The van der Waals surface area contributed by atoms with Crippen LogP contribution in [0.2, 0.25) is 0 Å². The lowest BCUT2D eigenvalue weighted by Crippen LogP contribution is -2.43. The first kappa shape index (κ1) is 28.7. The average molecular weight is 472 g/mol. The number of hydrogen-bond donors (Lipinski definition) is 1. The number of benzene rings is 1. The maximum atomic E-state index is 10.7. The van der Waals surface area contributed by atoms with Crippen LogP contribution in [-0.4, -0.2) is 69.2 Å². The first-order valence-corrected chi connectivity index (χ1v) is 13.2. The lowest BCUT2D eigenvalue weighted by atomic mass is 9.59. The minimum atomic E-state index is 0.343. The van der Waals surface area contributed by atoms with Crippen LogP contribution in [0.25, 0.3) is 0 Å². The van der Waals surface area contributed by atoms with Gasteiger partial charge in [0, 0.05) is 39.1 Å². The topological polar surface area (TPSA) is 52.7 Å². The number of nitrogens with zero attached hydrogens (tertiary/aromatic N) is 2. The van der Waals surface area contributed by atoms with E-state index in [9.17, 15) is 9.59 Å². The number of rotatable bonds is 6. The summed E-state index contributed by atoms with van der Waals surface area (Å²) in [6, 6.07) is 8.89. The highest BCUT2D eigenvalue weighted by Crippen LogP contribution is 2.51. The molecule has 2 bridgehead atoms. The smallest absolute Gasteiger partial charge is 0.133 e. The Labute approximate surface area is 208 Å². The number of likely N-dealkylation sites (N-methyl/N-ethyl adjacent to an activating group) is 2. The van der Waals surface area contributed by atoms with E-state index < -0.39 is 0 Å². The third-order valence-electron chi connectivity index (χ3n) is 7.69. The molecule has 34 heavy (non-hydrogen) atoms. The Morgan fingerprint density at radius 3 is 2.03 bits per heavy atom. The molecule has 5 nitrogen and oxygen atoms in total. The van der Waals surface area contributed by atoms with Crippen molar-refractivity contribution in [1.29, 1.82) is 0 Å². The maximum Gasteiger partial charge on any atom is 0.133 e. The number of carbonyl (C=O) groups is 2. The van der Waals surface area contributed by atoms with Gasteiger partial charge in [0.05, 0.1) is 6.54 Å². The van der Waals surface area contributed by atoms with E-state index in [2.05, 4.69) is 67.2 Å². The summed E-state index contributed by atoms with van der Waals surface area (Å²) >= 11 is 0. The van der Waals surface area contributed by atoms with Gasteiger partial charge < -0.3 is 19.8 Å². The van der Waals surface area contributed by atoms with Gasteiger partial charge in [-0.15, -0.1) is 0 Å². The lowest BCUT2D eigenvalue weighted by molar-refractivity contribution is -0.111. The fourth-order valence-corrected chi connectivity index (χ4v) is 6.12. The Hall–Kier alpha value is -1.56. The van der Waals surface area contributed by atoms with E-state index in [0.717, 1.165) is 43.3 Å². The van der Waals surface area contributed by atoms with Crippen molar-refractivity contribution in [3.8, 4) is 0 Å². The van der Waals surface area contributed by atoms with Crippen LogP contribution in [0, 0.1) is 30.1 Å². The molecular weight excluding hydrogens is 422 g/mol. The van der Waals surface area contributed by atoms with E-state index in [4.69, 9.17) is 0 Å². The number of fused-ring (bicyclic) bond motifs is 2. The van der Waals surface area contributed by atoms with Crippen molar-refractivity contribution >= 4 is 12.6 Å². The monoisotopic (exact) mass is 471 g/mol. The van der Waals surface area contributed by atoms with E-state index in [1.165, 1.54) is 69.4 Å². The highest BCUT2D eigenvalue weighted by molar-refractivity contribution is 5.51. The third-order valence-corrected chi connectivity index (χ3v) is 7.69. The van der Waals surface area contributed by atoms with Crippen LogP contribution in [-0.2, 0) is 16.1 Å². The summed E-state index contributed by atoms with van der Waals surface area (Å²) in [4.78, 5) is 24.9. The molecule has 0 amide bonds. The molecule has 5 heteroatoms. The predicted octanol–water partition coefficient (Wildman–Crippen LogP) is 4.58. The second-order valence-corrected chi connectivity index (χ2v) is 11.4. The van der Waals surface area contributed by atoms with Crippen molar-refractivity contribution in [2.75, 3.05) is 46.8 Å². The van der Waals surface area contributed by atoms with Gasteiger partial charge in [0.1, 0.15) is 12.6 Å².